The molecule has 0 N–H and O–H groups in total. The summed E-state index contributed by atoms with van der Waals surface area (Å²) in [4.78, 5) is 0. The molecule has 0 radical (unpaired) electrons. The highest BCUT2D eigenvalue weighted by Gasteiger charge is 2.22. The fourth-order valence-electron chi connectivity index (χ4n) is 2.04. The number of hydrogen-bond donors (Lipinski definition) is 0. The molecule has 2 heteroatoms. The second kappa shape index (κ2) is 3.85. The van der Waals surface area contributed by atoms with Gasteiger partial charge in [0.25, 0.3) is 0 Å². The predicted octanol–water partition coefficient (Wildman–Crippen LogP) is 3.52. The molecule has 1 aliphatic rings. The Hall–Kier alpha value is -1.44. The smallest absolute Gasteiger partial charge is 0.127 e. The van der Waals surface area contributed by atoms with Gasteiger partial charge in [0, 0.05) is 11.0 Å². The Balaban J connectivity index is 2.50. The van der Waals surface area contributed by atoms with Gasteiger partial charge in [0.2, 0.25) is 0 Å². The number of fused-ring (bicyclic) bond motifs is 1. The molecule has 0 saturated heterocycles. The number of hydrogen-bond acceptors (Lipinski definition) is 2. The maximum atomic E-state index is 5.83. The molecule has 0 fully saturated rings. The molecular formula is C14H18O2. The van der Waals surface area contributed by atoms with Crippen LogP contribution >= 0.6 is 0 Å². The zero-order valence-electron chi connectivity index (χ0n) is 10.3. The fraction of sp³-hybridized carbons (Fsp3) is 0.429. The zero-order chi connectivity index (χ0) is 11.8. The van der Waals surface area contributed by atoms with Gasteiger partial charge in [0.05, 0.1) is 13.7 Å². The minimum Gasteiger partial charge on any atom is -0.497 e. The molecule has 0 spiro atoms. The molecule has 0 aliphatic carbocycles. The summed E-state index contributed by atoms with van der Waals surface area (Å²) in [5, 5.41) is 0. The topological polar surface area (TPSA) is 18.5 Å². The third kappa shape index (κ3) is 2.06. The average Bonchev–Trinajstić information content (AvgIpc) is 2.35. The Morgan fingerprint density at radius 1 is 1.31 bits per heavy atom. The van der Waals surface area contributed by atoms with Gasteiger partial charge < -0.3 is 9.47 Å². The maximum absolute atomic E-state index is 5.83. The molecule has 0 atom stereocenters. The average molecular weight is 218 g/mol. The van der Waals surface area contributed by atoms with Crippen LogP contribution in [0.3, 0.4) is 0 Å². The second-order valence-electron chi connectivity index (χ2n) is 4.97. The van der Waals surface area contributed by atoms with Gasteiger partial charge in [-0.2, -0.15) is 0 Å². The van der Waals surface area contributed by atoms with Crippen LogP contribution < -0.4 is 9.47 Å². The van der Waals surface area contributed by atoms with Crippen molar-refractivity contribution in [3.8, 4) is 11.5 Å². The Bertz CT molecular complexity index is 430. The van der Waals surface area contributed by atoms with Crippen LogP contribution in [0.2, 0.25) is 0 Å². The first-order chi connectivity index (χ1) is 7.52. The van der Waals surface area contributed by atoms with E-state index < -0.39 is 0 Å². The Labute approximate surface area is 96.9 Å². The molecule has 16 heavy (non-hydrogen) atoms. The molecule has 0 amide bonds. The van der Waals surface area contributed by atoms with Crippen molar-refractivity contribution in [1.29, 1.82) is 0 Å². The molecule has 1 aromatic rings. The number of rotatable bonds is 1. The van der Waals surface area contributed by atoms with Crippen LogP contribution in [-0.4, -0.2) is 13.7 Å². The molecule has 2 nitrogen and oxygen atoms in total. The minimum atomic E-state index is 0.0797. The summed E-state index contributed by atoms with van der Waals surface area (Å²) in [6.45, 7) is 7.19. The maximum Gasteiger partial charge on any atom is 0.127 e. The lowest BCUT2D eigenvalue weighted by molar-refractivity contribution is 0.224. The van der Waals surface area contributed by atoms with Crippen molar-refractivity contribution in [2.75, 3.05) is 13.7 Å². The third-order valence-corrected chi connectivity index (χ3v) is 2.82. The van der Waals surface area contributed by atoms with Gasteiger partial charge in [0.1, 0.15) is 11.5 Å². The highest BCUT2D eigenvalue weighted by molar-refractivity contribution is 5.71. The molecule has 0 aromatic heterocycles. The largest absolute Gasteiger partial charge is 0.497 e. The van der Waals surface area contributed by atoms with Crippen LogP contribution in [0.15, 0.2) is 24.3 Å². The quantitative estimate of drug-likeness (QED) is 0.718. The van der Waals surface area contributed by atoms with Gasteiger partial charge in [-0.05, 0) is 30.7 Å². The van der Waals surface area contributed by atoms with E-state index in [2.05, 4.69) is 26.8 Å². The molecule has 1 heterocycles. The molecule has 0 saturated carbocycles. The minimum absolute atomic E-state index is 0.0797. The highest BCUT2D eigenvalue weighted by Crippen LogP contribution is 2.36. The number of allylic oxidation sites excluding steroid dienone is 1. The van der Waals surface area contributed by atoms with Crippen LogP contribution in [0.5, 0.6) is 11.5 Å². The number of benzene rings is 1. The van der Waals surface area contributed by atoms with Crippen molar-refractivity contribution in [1.82, 2.24) is 0 Å². The van der Waals surface area contributed by atoms with E-state index in [1.54, 1.807) is 7.11 Å². The van der Waals surface area contributed by atoms with Crippen LogP contribution in [0, 0.1) is 5.41 Å². The lowest BCUT2D eigenvalue weighted by Crippen LogP contribution is -2.17. The second-order valence-corrected chi connectivity index (χ2v) is 4.97. The first-order valence-electron chi connectivity index (χ1n) is 5.52. The summed E-state index contributed by atoms with van der Waals surface area (Å²) in [5.41, 5.74) is 2.46. The van der Waals surface area contributed by atoms with Gasteiger partial charge in [0.15, 0.2) is 0 Å². The van der Waals surface area contributed by atoms with Crippen molar-refractivity contribution in [3.05, 3.63) is 29.8 Å². The summed E-state index contributed by atoms with van der Waals surface area (Å²) in [6.07, 6.45) is 2.26. The van der Waals surface area contributed by atoms with Crippen LogP contribution in [-0.2, 0) is 0 Å². The Kier molecular flexibility index (Phi) is 2.66. The summed E-state index contributed by atoms with van der Waals surface area (Å²) >= 11 is 0. The van der Waals surface area contributed by atoms with Crippen molar-refractivity contribution in [2.45, 2.75) is 20.8 Å². The lowest BCUT2D eigenvalue weighted by atomic mass is 9.91. The number of ether oxygens (including phenoxy) is 2. The van der Waals surface area contributed by atoms with Crippen molar-refractivity contribution in [2.24, 2.45) is 5.41 Å². The highest BCUT2D eigenvalue weighted by atomic mass is 16.5. The van der Waals surface area contributed by atoms with Gasteiger partial charge in [-0.1, -0.05) is 19.9 Å². The van der Waals surface area contributed by atoms with E-state index >= 15 is 0 Å². The van der Waals surface area contributed by atoms with Gasteiger partial charge >= 0.3 is 0 Å². The third-order valence-electron chi connectivity index (χ3n) is 2.82. The number of methoxy groups -OCH3 is 1. The van der Waals surface area contributed by atoms with E-state index in [0.717, 1.165) is 17.1 Å². The fourth-order valence-corrected chi connectivity index (χ4v) is 2.04. The summed E-state index contributed by atoms with van der Waals surface area (Å²) in [7, 11) is 1.68. The van der Waals surface area contributed by atoms with Crippen LogP contribution in [0.25, 0.3) is 5.57 Å². The molecule has 86 valence electrons. The predicted molar refractivity (Wildman–Crippen MR) is 65.9 cm³/mol. The first-order valence-corrected chi connectivity index (χ1v) is 5.52. The van der Waals surface area contributed by atoms with E-state index in [1.165, 1.54) is 5.57 Å². The van der Waals surface area contributed by atoms with Gasteiger partial charge in [-0.25, -0.2) is 0 Å². The van der Waals surface area contributed by atoms with Gasteiger partial charge in [-0.3, -0.25) is 0 Å². The van der Waals surface area contributed by atoms with E-state index in [1.807, 2.05) is 18.2 Å². The van der Waals surface area contributed by atoms with E-state index in [9.17, 15) is 0 Å². The SMILES string of the molecule is COc1ccc2c(c1)C(C)=CC(C)(C)CO2. The molecule has 0 bridgehead atoms. The molecule has 1 aromatic carbocycles. The normalized spacial score (nSPS) is 17.9. The van der Waals surface area contributed by atoms with Crippen molar-refractivity contribution >= 4 is 5.57 Å². The lowest BCUT2D eigenvalue weighted by Gasteiger charge is -2.18. The summed E-state index contributed by atoms with van der Waals surface area (Å²) in [5.74, 6) is 1.81. The van der Waals surface area contributed by atoms with Crippen molar-refractivity contribution < 1.29 is 9.47 Å². The monoisotopic (exact) mass is 218 g/mol. The van der Waals surface area contributed by atoms with E-state index in [4.69, 9.17) is 9.47 Å². The van der Waals surface area contributed by atoms with Crippen LogP contribution in [0.4, 0.5) is 0 Å². The Morgan fingerprint density at radius 3 is 2.75 bits per heavy atom. The summed E-state index contributed by atoms with van der Waals surface area (Å²) in [6, 6.07) is 5.94. The van der Waals surface area contributed by atoms with E-state index in [0.29, 0.717) is 6.61 Å². The summed E-state index contributed by atoms with van der Waals surface area (Å²) < 4.78 is 11.1. The van der Waals surface area contributed by atoms with Crippen LogP contribution in [0.1, 0.15) is 26.3 Å². The molecule has 0 unspecified atom stereocenters. The first kappa shape index (κ1) is 11.1. The Morgan fingerprint density at radius 2 is 2.06 bits per heavy atom. The zero-order valence-corrected chi connectivity index (χ0v) is 10.3. The van der Waals surface area contributed by atoms with Gasteiger partial charge in [-0.15, -0.1) is 0 Å². The molecule has 2 rings (SSSR count). The molecule has 1 aliphatic heterocycles. The van der Waals surface area contributed by atoms with E-state index in [-0.39, 0.29) is 5.41 Å². The molecular weight excluding hydrogens is 200 g/mol. The standard InChI is InChI=1S/C14H18O2/c1-10-8-14(2,3)9-16-13-6-5-11(15-4)7-12(10)13/h5-8H,9H2,1-4H3. The van der Waals surface area contributed by atoms with Crippen molar-refractivity contribution in [3.63, 3.8) is 0 Å².